The van der Waals surface area contributed by atoms with Gasteiger partial charge in [0.2, 0.25) is 5.13 Å². The number of hydrogen-bond acceptors (Lipinski definition) is 6. The molecule has 0 amide bonds. The zero-order valence-electron chi connectivity index (χ0n) is 17.2. The molecule has 26 heavy (non-hydrogen) atoms. The normalized spacial score (nSPS) is 16.3. The lowest BCUT2D eigenvalue weighted by Gasteiger charge is -2.36. The van der Waals surface area contributed by atoms with Gasteiger partial charge in [0.25, 0.3) is 0 Å². The Morgan fingerprint density at radius 1 is 1.19 bits per heavy atom. The Labute approximate surface area is 162 Å². The van der Waals surface area contributed by atoms with Crippen LogP contribution in [0.15, 0.2) is 4.99 Å². The molecular weight excluding hydrogens is 346 g/mol. The quantitative estimate of drug-likeness (QED) is 0.575. The highest BCUT2D eigenvalue weighted by atomic mass is 32.1. The molecule has 0 aromatic carbocycles. The lowest BCUT2D eigenvalue weighted by atomic mass is 10.2. The molecule has 1 aliphatic heterocycles. The van der Waals surface area contributed by atoms with Crippen LogP contribution in [0.25, 0.3) is 0 Å². The van der Waals surface area contributed by atoms with E-state index in [1.165, 1.54) is 11.5 Å². The van der Waals surface area contributed by atoms with Crippen molar-refractivity contribution >= 4 is 22.6 Å². The van der Waals surface area contributed by atoms with Crippen molar-refractivity contribution in [1.29, 1.82) is 0 Å². The maximum atomic E-state index is 4.61. The minimum atomic E-state index is 0.558. The largest absolute Gasteiger partial charge is 0.355 e. The van der Waals surface area contributed by atoms with Gasteiger partial charge in [0.1, 0.15) is 5.82 Å². The predicted molar refractivity (Wildman–Crippen MR) is 111 cm³/mol. The van der Waals surface area contributed by atoms with E-state index < -0.39 is 0 Å². The van der Waals surface area contributed by atoms with Crippen LogP contribution >= 0.6 is 11.5 Å². The second-order valence-electron chi connectivity index (χ2n) is 7.22. The Hall–Kier alpha value is -1.41. The lowest BCUT2D eigenvalue weighted by molar-refractivity contribution is 0.178. The number of anilines is 1. The van der Waals surface area contributed by atoms with Crippen LogP contribution in [0.2, 0.25) is 0 Å². The molecule has 7 nitrogen and oxygen atoms in total. The van der Waals surface area contributed by atoms with Gasteiger partial charge in [-0.05, 0) is 27.7 Å². The van der Waals surface area contributed by atoms with Crippen LogP contribution in [0, 0.1) is 0 Å². The first-order valence-electron chi connectivity index (χ1n) is 9.75. The third kappa shape index (κ3) is 5.54. The SMILES string of the molecule is CCc1nsc(N2CCN(C(=NC)NCCN(C(C)C)C(C)C)CC2)n1. The summed E-state index contributed by atoms with van der Waals surface area (Å²) in [6, 6.07) is 1.12. The molecule has 1 aromatic rings. The first-order chi connectivity index (χ1) is 12.5. The fourth-order valence-corrected chi connectivity index (χ4v) is 4.17. The number of rotatable bonds is 7. The molecule has 1 fully saturated rings. The highest BCUT2D eigenvalue weighted by Crippen LogP contribution is 2.19. The standard InChI is InChI=1S/C18H35N7S/c1-7-16-21-18(26-22-16)24-12-10-23(11-13-24)17(19-6)20-8-9-25(14(2)3)15(4)5/h14-15H,7-13H2,1-6H3,(H,19,20). The van der Waals surface area contributed by atoms with E-state index >= 15 is 0 Å². The first-order valence-corrected chi connectivity index (χ1v) is 10.5. The van der Waals surface area contributed by atoms with Gasteiger partial charge >= 0.3 is 0 Å². The van der Waals surface area contributed by atoms with Gasteiger partial charge in [0.15, 0.2) is 5.96 Å². The van der Waals surface area contributed by atoms with Crippen molar-refractivity contribution in [3.05, 3.63) is 5.82 Å². The fraction of sp³-hybridized carbons (Fsp3) is 0.833. The van der Waals surface area contributed by atoms with Crippen LogP contribution in [0.4, 0.5) is 5.13 Å². The molecule has 1 aliphatic rings. The van der Waals surface area contributed by atoms with Gasteiger partial charge in [-0.15, -0.1) is 0 Å². The molecule has 0 radical (unpaired) electrons. The lowest BCUT2D eigenvalue weighted by Crippen LogP contribution is -2.53. The smallest absolute Gasteiger partial charge is 0.205 e. The molecule has 148 valence electrons. The van der Waals surface area contributed by atoms with Crippen molar-refractivity contribution in [3.8, 4) is 0 Å². The maximum absolute atomic E-state index is 4.61. The third-order valence-electron chi connectivity index (χ3n) is 4.81. The summed E-state index contributed by atoms with van der Waals surface area (Å²) in [5, 5.41) is 4.59. The molecule has 0 aliphatic carbocycles. The fourth-order valence-electron chi connectivity index (χ4n) is 3.37. The zero-order valence-corrected chi connectivity index (χ0v) is 18.0. The number of aromatic nitrogens is 2. The summed E-state index contributed by atoms with van der Waals surface area (Å²) in [4.78, 5) is 16.3. The monoisotopic (exact) mass is 381 g/mol. The molecule has 0 bridgehead atoms. The Kier molecular flexibility index (Phi) is 8.09. The van der Waals surface area contributed by atoms with E-state index in [1.807, 2.05) is 7.05 Å². The molecule has 1 saturated heterocycles. The van der Waals surface area contributed by atoms with E-state index in [-0.39, 0.29) is 0 Å². The third-order valence-corrected chi connectivity index (χ3v) is 5.63. The van der Waals surface area contributed by atoms with E-state index in [2.05, 4.69) is 69.0 Å². The second kappa shape index (κ2) is 10.1. The summed E-state index contributed by atoms with van der Waals surface area (Å²) in [6.45, 7) is 16.9. The van der Waals surface area contributed by atoms with Crippen LogP contribution in [0.1, 0.15) is 40.4 Å². The van der Waals surface area contributed by atoms with Gasteiger partial charge < -0.3 is 15.1 Å². The van der Waals surface area contributed by atoms with Gasteiger partial charge in [-0.25, -0.2) is 4.98 Å². The molecule has 0 atom stereocenters. The number of aliphatic imine (C=N–C) groups is 1. The number of piperazine rings is 1. The molecule has 1 aromatic heterocycles. The maximum Gasteiger partial charge on any atom is 0.205 e. The van der Waals surface area contributed by atoms with Gasteiger partial charge in [-0.2, -0.15) is 4.37 Å². The van der Waals surface area contributed by atoms with Gasteiger partial charge in [0.05, 0.1) is 0 Å². The van der Waals surface area contributed by atoms with Crippen molar-refractivity contribution in [1.82, 2.24) is 24.5 Å². The predicted octanol–water partition coefficient (Wildman–Crippen LogP) is 1.92. The number of hydrogen-bond donors (Lipinski definition) is 1. The van der Waals surface area contributed by atoms with E-state index in [4.69, 9.17) is 0 Å². The van der Waals surface area contributed by atoms with Crippen molar-refractivity contribution in [2.75, 3.05) is 51.2 Å². The van der Waals surface area contributed by atoms with Crippen LogP contribution in [-0.4, -0.2) is 83.5 Å². The van der Waals surface area contributed by atoms with Gasteiger partial charge in [-0.1, -0.05) is 6.92 Å². The first kappa shape index (κ1) is 20.9. The highest BCUT2D eigenvalue weighted by molar-refractivity contribution is 7.09. The number of nitrogens with zero attached hydrogens (tertiary/aromatic N) is 6. The Bertz CT molecular complexity index is 554. The molecule has 2 rings (SSSR count). The van der Waals surface area contributed by atoms with Gasteiger partial charge in [-0.3, -0.25) is 9.89 Å². The summed E-state index contributed by atoms with van der Waals surface area (Å²) in [5.41, 5.74) is 0. The summed E-state index contributed by atoms with van der Waals surface area (Å²) >= 11 is 1.51. The summed E-state index contributed by atoms with van der Waals surface area (Å²) in [6.07, 6.45) is 0.900. The molecule has 1 N–H and O–H groups in total. The van der Waals surface area contributed by atoms with Crippen LogP contribution in [0.5, 0.6) is 0 Å². The summed E-state index contributed by atoms with van der Waals surface area (Å²) in [7, 11) is 1.87. The minimum absolute atomic E-state index is 0.558. The van der Waals surface area contributed by atoms with E-state index in [9.17, 15) is 0 Å². The molecule has 0 saturated carbocycles. The van der Waals surface area contributed by atoms with Crippen LogP contribution < -0.4 is 10.2 Å². The molecule has 8 heteroatoms. The average Bonchev–Trinajstić information content (AvgIpc) is 3.10. The second-order valence-corrected chi connectivity index (χ2v) is 7.95. The molecule has 2 heterocycles. The number of aryl methyl sites for hydroxylation is 1. The molecule has 0 spiro atoms. The van der Waals surface area contributed by atoms with Crippen molar-refractivity contribution in [3.63, 3.8) is 0 Å². The van der Waals surface area contributed by atoms with Crippen LogP contribution in [0.3, 0.4) is 0 Å². The van der Waals surface area contributed by atoms with Crippen molar-refractivity contribution < 1.29 is 0 Å². The minimum Gasteiger partial charge on any atom is -0.355 e. The number of nitrogens with one attached hydrogen (secondary N) is 1. The van der Waals surface area contributed by atoms with E-state index in [1.54, 1.807) is 0 Å². The van der Waals surface area contributed by atoms with Gasteiger partial charge in [0, 0.05) is 76.4 Å². The van der Waals surface area contributed by atoms with E-state index in [0.29, 0.717) is 12.1 Å². The Balaban J connectivity index is 1.81. The highest BCUT2D eigenvalue weighted by Gasteiger charge is 2.22. The summed E-state index contributed by atoms with van der Waals surface area (Å²) in [5.74, 6) is 1.95. The Morgan fingerprint density at radius 3 is 2.35 bits per heavy atom. The topological polar surface area (TPSA) is 59.9 Å². The van der Waals surface area contributed by atoms with Crippen LogP contribution in [-0.2, 0) is 6.42 Å². The average molecular weight is 382 g/mol. The number of guanidine groups is 1. The van der Waals surface area contributed by atoms with E-state index in [0.717, 1.165) is 62.6 Å². The van der Waals surface area contributed by atoms with Crippen molar-refractivity contribution in [2.45, 2.75) is 53.1 Å². The molecule has 0 unspecified atom stereocenters. The summed E-state index contributed by atoms with van der Waals surface area (Å²) < 4.78 is 4.40. The molecular formula is C18H35N7S. The zero-order chi connectivity index (χ0) is 19.1. The Morgan fingerprint density at radius 2 is 1.85 bits per heavy atom. The van der Waals surface area contributed by atoms with Crippen molar-refractivity contribution in [2.24, 2.45) is 4.99 Å².